The van der Waals surface area contributed by atoms with Crippen molar-refractivity contribution < 1.29 is 13.2 Å². The van der Waals surface area contributed by atoms with Gasteiger partial charge in [0, 0.05) is 5.02 Å². The molecule has 0 spiro atoms. The second kappa shape index (κ2) is 5.25. The van der Waals surface area contributed by atoms with Crippen LogP contribution in [0.1, 0.15) is 25.0 Å². The average molecular weight is 225 g/mol. The molecule has 0 fully saturated rings. The fourth-order valence-corrected chi connectivity index (χ4v) is 1.17. The molecule has 0 amide bonds. The molecular formula is C10H12ClF3. The minimum atomic E-state index is -4.28. The Morgan fingerprint density at radius 1 is 1.14 bits per heavy atom. The number of alkyl halides is 3. The monoisotopic (exact) mass is 224 g/mol. The summed E-state index contributed by atoms with van der Waals surface area (Å²) < 4.78 is 36.4. The highest BCUT2D eigenvalue weighted by molar-refractivity contribution is 6.30. The Balaban J connectivity index is 0.000000791. The van der Waals surface area contributed by atoms with Gasteiger partial charge in [0.15, 0.2) is 0 Å². The van der Waals surface area contributed by atoms with E-state index in [1.165, 1.54) is 19.1 Å². The third kappa shape index (κ3) is 3.58. The van der Waals surface area contributed by atoms with E-state index in [2.05, 4.69) is 0 Å². The van der Waals surface area contributed by atoms with Crippen LogP contribution in [-0.2, 0) is 6.18 Å². The van der Waals surface area contributed by atoms with E-state index in [0.717, 1.165) is 6.07 Å². The molecule has 0 heterocycles. The Kier molecular flexibility index (Phi) is 4.99. The molecule has 0 radical (unpaired) electrons. The van der Waals surface area contributed by atoms with Gasteiger partial charge < -0.3 is 0 Å². The lowest BCUT2D eigenvalue weighted by Gasteiger charge is -2.09. The molecule has 80 valence electrons. The largest absolute Gasteiger partial charge is 0.416 e. The summed E-state index contributed by atoms with van der Waals surface area (Å²) in [5.74, 6) is 0. The summed E-state index contributed by atoms with van der Waals surface area (Å²) in [6.45, 7) is 5.38. The number of aryl methyl sites for hydroxylation is 1. The number of hydrogen-bond donors (Lipinski definition) is 0. The zero-order valence-electron chi connectivity index (χ0n) is 8.24. The molecule has 0 unspecified atom stereocenters. The smallest absolute Gasteiger partial charge is 0.166 e. The number of halogens is 4. The van der Waals surface area contributed by atoms with Gasteiger partial charge >= 0.3 is 6.18 Å². The van der Waals surface area contributed by atoms with Crippen LogP contribution in [0.15, 0.2) is 18.2 Å². The molecule has 0 saturated carbocycles. The van der Waals surface area contributed by atoms with Crippen LogP contribution >= 0.6 is 11.6 Å². The predicted molar refractivity (Wildman–Crippen MR) is 52.5 cm³/mol. The summed E-state index contributed by atoms with van der Waals surface area (Å²) in [5.41, 5.74) is -0.484. The van der Waals surface area contributed by atoms with Gasteiger partial charge in [-0.25, -0.2) is 0 Å². The molecule has 0 aliphatic heterocycles. The maximum atomic E-state index is 12.1. The van der Waals surface area contributed by atoms with Crippen molar-refractivity contribution in [1.29, 1.82) is 0 Å². The van der Waals surface area contributed by atoms with Gasteiger partial charge in [-0.3, -0.25) is 0 Å². The SMILES string of the molecule is CC.Cc1cc(Cl)ccc1C(F)(F)F. The summed E-state index contributed by atoms with van der Waals surface area (Å²) in [6.07, 6.45) is -4.28. The maximum Gasteiger partial charge on any atom is 0.416 e. The van der Waals surface area contributed by atoms with Crippen molar-refractivity contribution in [3.05, 3.63) is 34.3 Å². The molecule has 0 aliphatic carbocycles. The lowest BCUT2D eigenvalue weighted by molar-refractivity contribution is -0.138. The van der Waals surface area contributed by atoms with Crippen LogP contribution in [0.4, 0.5) is 13.2 Å². The van der Waals surface area contributed by atoms with Crippen LogP contribution in [0, 0.1) is 6.92 Å². The molecule has 1 rings (SSSR count). The third-order valence-electron chi connectivity index (χ3n) is 1.49. The summed E-state index contributed by atoms with van der Waals surface area (Å²) in [6, 6.07) is 3.51. The summed E-state index contributed by atoms with van der Waals surface area (Å²) in [7, 11) is 0. The third-order valence-corrected chi connectivity index (χ3v) is 1.73. The van der Waals surface area contributed by atoms with E-state index in [0.29, 0.717) is 5.02 Å². The summed E-state index contributed by atoms with van der Waals surface area (Å²) in [5, 5.41) is 0.320. The second-order valence-corrected chi connectivity index (χ2v) is 2.89. The zero-order chi connectivity index (χ0) is 11.4. The zero-order valence-corrected chi connectivity index (χ0v) is 9.00. The van der Waals surface area contributed by atoms with Gasteiger partial charge in [-0.15, -0.1) is 0 Å². The first-order valence-corrected chi connectivity index (χ1v) is 4.62. The quantitative estimate of drug-likeness (QED) is 0.600. The molecule has 0 N–H and O–H groups in total. The first-order chi connectivity index (χ1) is 6.41. The van der Waals surface area contributed by atoms with Crippen LogP contribution in [0.2, 0.25) is 5.02 Å². The first-order valence-electron chi connectivity index (χ1n) is 4.24. The molecule has 1 aromatic rings. The van der Waals surface area contributed by atoms with Gasteiger partial charge in [0.05, 0.1) is 5.56 Å². The topological polar surface area (TPSA) is 0 Å². The Hall–Kier alpha value is -0.700. The molecule has 0 bridgehead atoms. The van der Waals surface area contributed by atoms with Crippen LogP contribution < -0.4 is 0 Å². The molecule has 4 heteroatoms. The first kappa shape index (κ1) is 13.3. The fraction of sp³-hybridized carbons (Fsp3) is 0.400. The van der Waals surface area contributed by atoms with E-state index >= 15 is 0 Å². The predicted octanol–water partition coefficient (Wildman–Crippen LogP) is 4.69. The van der Waals surface area contributed by atoms with E-state index in [9.17, 15) is 13.2 Å². The lowest BCUT2D eigenvalue weighted by atomic mass is 10.1. The Bertz CT molecular complexity index is 292. The van der Waals surface area contributed by atoms with Crippen molar-refractivity contribution in [3.63, 3.8) is 0 Å². The average Bonchev–Trinajstić information content (AvgIpc) is 2.05. The molecule has 1 aromatic carbocycles. The van der Waals surface area contributed by atoms with Crippen LogP contribution in [-0.4, -0.2) is 0 Å². The normalized spacial score (nSPS) is 10.5. The van der Waals surface area contributed by atoms with Crippen molar-refractivity contribution in [3.8, 4) is 0 Å². The fourth-order valence-electron chi connectivity index (χ4n) is 0.945. The Morgan fingerprint density at radius 2 is 1.64 bits per heavy atom. The van der Waals surface area contributed by atoms with Crippen molar-refractivity contribution in [2.45, 2.75) is 26.9 Å². The molecular weight excluding hydrogens is 213 g/mol. The van der Waals surface area contributed by atoms with Crippen LogP contribution in [0.25, 0.3) is 0 Å². The van der Waals surface area contributed by atoms with E-state index in [-0.39, 0.29) is 5.56 Å². The Morgan fingerprint density at radius 3 is 2.00 bits per heavy atom. The minimum absolute atomic E-state index is 0.148. The van der Waals surface area contributed by atoms with Gasteiger partial charge in [-0.2, -0.15) is 13.2 Å². The standard InChI is InChI=1S/C8H6ClF3.C2H6/c1-5-4-6(9)2-3-7(5)8(10,11)12;1-2/h2-4H,1H3;1-2H3. The van der Waals surface area contributed by atoms with E-state index < -0.39 is 11.7 Å². The number of hydrogen-bond acceptors (Lipinski definition) is 0. The van der Waals surface area contributed by atoms with E-state index in [1.54, 1.807) is 0 Å². The maximum absolute atomic E-state index is 12.1. The van der Waals surface area contributed by atoms with Gasteiger partial charge in [0.1, 0.15) is 0 Å². The molecule has 0 aliphatic rings. The van der Waals surface area contributed by atoms with E-state index in [1.807, 2.05) is 13.8 Å². The highest BCUT2D eigenvalue weighted by atomic mass is 35.5. The van der Waals surface area contributed by atoms with Crippen molar-refractivity contribution in [2.24, 2.45) is 0 Å². The number of rotatable bonds is 0. The highest BCUT2D eigenvalue weighted by Crippen LogP contribution is 2.32. The molecule has 0 aromatic heterocycles. The second-order valence-electron chi connectivity index (χ2n) is 2.46. The van der Waals surface area contributed by atoms with Gasteiger partial charge in [0.2, 0.25) is 0 Å². The number of benzene rings is 1. The lowest BCUT2D eigenvalue weighted by Crippen LogP contribution is -2.06. The van der Waals surface area contributed by atoms with Crippen LogP contribution in [0.3, 0.4) is 0 Å². The minimum Gasteiger partial charge on any atom is -0.166 e. The molecule has 0 saturated heterocycles. The Labute approximate surface area is 86.7 Å². The molecule has 0 nitrogen and oxygen atoms in total. The van der Waals surface area contributed by atoms with Crippen molar-refractivity contribution in [2.75, 3.05) is 0 Å². The molecule has 0 atom stereocenters. The van der Waals surface area contributed by atoms with E-state index in [4.69, 9.17) is 11.6 Å². The van der Waals surface area contributed by atoms with Crippen LogP contribution in [0.5, 0.6) is 0 Å². The highest BCUT2D eigenvalue weighted by Gasteiger charge is 2.31. The van der Waals surface area contributed by atoms with Crippen molar-refractivity contribution >= 4 is 11.6 Å². The molecule has 14 heavy (non-hydrogen) atoms. The van der Waals surface area contributed by atoms with Gasteiger partial charge in [-0.1, -0.05) is 25.4 Å². The van der Waals surface area contributed by atoms with Crippen molar-refractivity contribution in [1.82, 2.24) is 0 Å². The van der Waals surface area contributed by atoms with Gasteiger partial charge in [0.25, 0.3) is 0 Å². The summed E-state index contributed by atoms with van der Waals surface area (Å²) in [4.78, 5) is 0. The van der Waals surface area contributed by atoms with Gasteiger partial charge in [-0.05, 0) is 30.7 Å². The summed E-state index contributed by atoms with van der Waals surface area (Å²) >= 11 is 5.50.